The van der Waals surface area contributed by atoms with Gasteiger partial charge in [-0.05, 0) is 87.3 Å². The number of amides is 2. The third-order valence-electron chi connectivity index (χ3n) is 11.0. The number of nitrogens with two attached hydrogens (primary N) is 1. The zero-order valence-electron chi connectivity index (χ0n) is 28.3. The van der Waals surface area contributed by atoms with Crippen LogP contribution in [0.2, 0.25) is 0 Å². The Hall–Kier alpha value is -4.59. The molecule has 2 unspecified atom stereocenters. The molecule has 13 heteroatoms. The van der Waals surface area contributed by atoms with Crippen molar-refractivity contribution in [1.82, 2.24) is 25.3 Å². The van der Waals surface area contributed by atoms with Crippen molar-refractivity contribution < 1.29 is 19.2 Å². The molecule has 2 aromatic heterocycles. The van der Waals surface area contributed by atoms with E-state index in [0.717, 1.165) is 100 Å². The minimum absolute atomic E-state index is 0.228. The summed E-state index contributed by atoms with van der Waals surface area (Å²) in [6.07, 6.45) is 8.76. The predicted octanol–water partition coefficient (Wildman–Crippen LogP) is 3.89. The number of benzene rings is 2. The molecule has 2 atom stereocenters. The maximum absolute atomic E-state index is 12.5. The smallest absolute Gasteiger partial charge is 0.235 e. The van der Waals surface area contributed by atoms with E-state index in [-0.39, 0.29) is 11.8 Å². The first-order valence-corrected chi connectivity index (χ1v) is 18.1. The van der Waals surface area contributed by atoms with Gasteiger partial charge in [0.1, 0.15) is 23.4 Å². The van der Waals surface area contributed by atoms with Gasteiger partial charge in [0.15, 0.2) is 11.4 Å². The number of rotatable bonds is 7. The van der Waals surface area contributed by atoms with Crippen LogP contribution in [0.1, 0.15) is 79.6 Å². The number of nitrogens with zero attached hydrogens (tertiary/aromatic N) is 6. The van der Waals surface area contributed by atoms with Gasteiger partial charge >= 0.3 is 0 Å². The summed E-state index contributed by atoms with van der Waals surface area (Å²) in [5.41, 5.74) is 12.1. The SMILES string of the molecule is NC(O)c1ncc(N2CCCCC2)nc1Nc1ccc(N2CCC(N3CCc4ccc5c(C6CCC(=O)NC6=O)noc5c4CC3)CC2)cc1. The first-order valence-electron chi connectivity index (χ1n) is 18.1. The Morgan fingerprint density at radius 3 is 2.44 bits per heavy atom. The summed E-state index contributed by atoms with van der Waals surface area (Å²) in [5, 5.41) is 21.2. The molecule has 8 rings (SSSR count). The van der Waals surface area contributed by atoms with E-state index < -0.39 is 12.1 Å². The molecule has 2 aromatic carbocycles. The third-order valence-corrected chi connectivity index (χ3v) is 11.0. The number of carbonyl (C=O) groups is 2. The molecule has 13 nitrogen and oxygen atoms in total. The van der Waals surface area contributed by atoms with E-state index in [1.807, 2.05) is 18.2 Å². The maximum Gasteiger partial charge on any atom is 0.235 e. The first-order chi connectivity index (χ1) is 24.4. The highest BCUT2D eigenvalue weighted by Crippen LogP contribution is 2.35. The van der Waals surface area contributed by atoms with Crippen molar-refractivity contribution in [1.29, 1.82) is 0 Å². The number of piperidine rings is 3. The number of imide groups is 1. The Morgan fingerprint density at radius 2 is 1.68 bits per heavy atom. The van der Waals surface area contributed by atoms with Gasteiger partial charge in [-0.15, -0.1) is 0 Å². The molecule has 50 heavy (non-hydrogen) atoms. The van der Waals surface area contributed by atoms with E-state index >= 15 is 0 Å². The van der Waals surface area contributed by atoms with Gasteiger partial charge < -0.3 is 30.5 Å². The summed E-state index contributed by atoms with van der Waals surface area (Å²) in [5.74, 6) is 0.307. The van der Waals surface area contributed by atoms with E-state index in [2.05, 4.69) is 53.7 Å². The van der Waals surface area contributed by atoms with E-state index in [9.17, 15) is 14.7 Å². The van der Waals surface area contributed by atoms with Crippen molar-refractivity contribution >= 4 is 45.8 Å². The van der Waals surface area contributed by atoms with Crippen LogP contribution in [0.5, 0.6) is 0 Å². The highest BCUT2D eigenvalue weighted by atomic mass is 16.5. The predicted molar refractivity (Wildman–Crippen MR) is 190 cm³/mol. The molecule has 4 aliphatic rings. The van der Waals surface area contributed by atoms with Gasteiger partial charge in [-0.3, -0.25) is 19.8 Å². The molecule has 4 aromatic rings. The lowest BCUT2D eigenvalue weighted by Gasteiger charge is -2.39. The Labute approximate surface area is 291 Å². The number of aromatic nitrogens is 3. The molecule has 5 N–H and O–H groups in total. The number of aliphatic hydroxyl groups excluding tert-OH is 1. The van der Waals surface area contributed by atoms with Gasteiger partial charge in [0, 0.05) is 74.1 Å². The summed E-state index contributed by atoms with van der Waals surface area (Å²) < 4.78 is 5.89. The topological polar surface area (TPSA) is 166 Å². The van der Waals surface area contributed by atoms with E-state index in [0.29, 0.717) is 36.1 Å². The van der Waals surface area contributed by atoms with Crippen LogP contribution in [0.4, 0.5) is 23.0 Å². The highest BCUT2D eigenvalue weighted by molar-refractivity contribution is 6.02. The van der Waals surface area contributed by atoms with Gasteiger partial charge in [0.2, 0.25) is 11.8 Å². The highest BCUT2D eigenvalue weighted by Gasteiger charge is 2.33. The molecule has 3 fully saturated rings. The second-order valence-electron chi connectivity index (χ2n) is 14.0. The number of carbonyl (C=O) groups excluding carboxylic acids is 2. The lowest BCUT2D eigenvalue weighted by Crippen LogP contribution is -2.45. The van der Waals surface area contributed by atoms with Crippen LogP contribution in [0.25, 0.3) is 11.0 Å². The van der Waals surface area contributed by atoms with Gasteiger partial charge in [0.25, 0.3) is 0 Å². The Bertz CT molecular complexity index is 1860. The molecule has 3 saturated heterocycles. The number of anilines is 4. The standard InChI is InChI=1S/C37H45N9O4/c38-35(48)33-36(41-30(22-39-33)46-16-2-1-3-17-46)40-24-5-7-25(8-6-24)45-19-13-26(14-20-45)44-18-12-23-4-9-28-32(29-10-11-31(47)42-37(29)49)43-50-34(28)27(23)15-21-44/h4-9,22,26,29,35,48H,1-3,10-21,38H2,(H,40,41)(H,42,47,49). The number of fused-ring (bicyclic) bond motifs is 3. The average Bonchev–Trinajstić information content (AvgIpc) is 3.44. The number of hydrogen-bond acceptors (Lipinski definition) is 12. The van der Waals surface area contributed by atoms with Gasteiger partial charge in [-0.2, -0.15) is 0 Å². The fraction of sp³-hybridized carbons (Fsp3) is 0.486. The molecule has 0 saturated carbocycles. The van der Waals surface area contributed by atoms with Crippen molar-refractivity contribution in [2.24, 2.45) is 5.73 Å². The van der Waals surface area contributed by atoms with Gasteiger partial charge in [-0.25, -0.2) is 9.97 Å². The van der Waals surface area contributed by atoms with Crippen LogP contribution in [-0.4, -0.2) is 82.3 Å². The quantitative estimate of drug-likeness (QED) is 0.165. The van der Waals surface area contributed by atoms with Crippen LogP contribution >= 0.6 is 0 Å². The van der Waals surface area contributed by atoms with Crippen molar-refractivity contribution in [3.05, 3.63) is 65.1 Å². The fourth-order valence-electron chi connectivity index (χ4n) is 8.18. The Morgan fingerprint density at radius 1 is 0.900 bits per heavy atom. The van der Waals surface area contributed by atoms with Crippen molar-refractivity contribution in [2.45, 2.75) is 76.0 Å². The van der Waals surface area contributed by atoms with E-state index in [1.165, 1.54) is 23.2 Å². The molecule has 0 bridgehead atoms. The molecular formula is C37H45N9O4. The van der Waals surface area contributed by atoms with Crippen LogP contribution in [0, 0.1) is 0 Å². The lowest BCUT2D eigenvalue weighted by molar-refractivity contribution is -0.134. The molecule has 0 aliphatic carbocycles. The van der Waals surface area contributed by atoms with Gasteiger partial charge in [0.05, 0.1) is 12.1 Å². The number of hydrogen-bond donors (Lipinski definition) is 4. The van der Waals surface area contributed by atoms with Crippen LogP contribution in [0.3, 0.4) is 0 Å². The molecular weight excluding hydrogens is 634 g/mol. The molecule has 2 amide bonds. The van der Waals surface area contributed by atoms with E-state index in [4.69, 9.17) is 15.2 Å². The Balaban J connectivity index is 0.885. The summed E-state index contributed by atoms with van der Waals surface area (Å²) in [4.78, 5) is 40.8. The molecule has 6 heterocycles. The monoisotopic (exact) mass is 679 g/mol. The second kappa shape index (κ2) is 14.0. The number of nitrogens with one attached hydrogen (secondary N) is 2. The molecule has 0 spiro atoms. The normalized spacial score (nSPS) is 21.5. The van der Waals surface area contributed by atoms with Crippen molar-refractivity contribution in [2.75, 3.05) is 54.4 Å². The van der Waals surface area contributed by atoms with E-state index in [1.54, 1.807) is 6.20 Å². The second-order valence-corrected chi connectivity index (χ2v) is 14.0. The fourth-order valence-corrected chi connectivity index (χ4v) is 8.18. The summed E-state index contributed by atoms with van der Waals surface area (Å²) in [6.45, 7) is 5.82. The van der Waals surface area contributed by atoms with Gasteiger partial charge in [-0.1, -0.05) is 11.2 Å². The lowest BCUT2D eigenvalue weighted by atomic mass is 9.91. The molecule has 4 aliphatic heterocycles. The van der Waals surface area contributed by atoms with Crippen molar-refractivity contribution in [3.8, 4) is 0 Å². The van der Waals surface area contributed by atoms with Crippen LogP contribution in [-0.2, 0) is 22.4 Å². The molecule has 0 radical (unpaired) electrons. The average molecular weight is 680 g/mol. The largest absolute Gasteiger partial charge is 0.373 e. The summed E-state index contributed by atoms with van der Waals surface area (Å²) >= 11 is 0. The number of aliphatic hydroxyl groups is 1. The maximum atomic E-state index is 12.5. The molecule has 262 valence electrons. The van der Waals surface area contributed by atoms with Crippen molar-refractivity contribution in [3.63, 3.8) is 0 Å². The Kier molecular flexibility index (Phi) is 9.11. The first kappa shape index (κ1) is 32.6. The third kappa shape index (κ3) is 6.52. The minimum Gasteiger partial charge on any atom is -0.373 e. The summed E-state index contributed by atoms with van der Waals surface area (Å²) in [7, 11) is 0. The summed E-state index contributed by atoms with van der Waals surface area (Å²) in [6, 6.07) is 13.1. The zero-order chi connectivity index (χ0) is 34.2. The van der Waals surface area contributed by atoms with Crippen LogP contribution in [0.15, 0.2) is 47.1 Å². The minimum atomic E-state index is -1.22. The zero-order valence-corrected chi connectivity index (χ0v) is 28.3. The van der Waals surface area contributed by atoms with Crippen LogP contribution < -0.4 is 26.2 Å².